The van der Waals surface area contributed by atoms with E-state index in [1.807, 2.05) is 0 Å². The SMILES string of the molecule is C[Si](C)(C)O[Si](CCCOC(=O)C=CC(=O)OCCC[Si](O[Si](C)(C)C)(O[Si](C)(C)C)O[Si](O[Si](C)(C)C)(O[Si](C)(C)C)O[Si](C)(C)C)(O[Si](C)(C)C)O[Si](O[Si](C)(C)C)(O[Si](C)(C)C)O[Si](C)(C)C. The molecule has 0 radical (unpaired) electrons. The minimum absolute atomic E-state index is 0.0313. The molecule has 0 aromatic heterocycles. The van der Waals surface area contributed by atoms with Gasteiger partial charge in [-0.3, -0.25) is 0 Å². The Labute approximate surface area is 442 Å². The molecule has 0 unspecified atom stereocenters. The number of esters is 2. The van der Waals surface area contributed by atoms with Crippen LogP contribution in [-0.4, -0.2) is 144 Å². The zero-order valence-electron chi connectivity index (χ0n) is 49.9. The van der Waals surface area contributed by atoms with Gasteiger partial charge in [0.2, 0.25) is 0 Å². The number of rotatable bonds is 34. The van der Waals surface area contributed by atoms with Crippen molar-refractivity contribution in [2.24, 2.45) is 0 Å². The molecule has 0 aliphatic carbocycles. The van der Waals surface area contributed by atoms with Crippen molar-refractivity contribution in [1.82, 2.24) is 0 Å². The number of carbonyl (C=O) groups excluding carboxylic acids is 2. The van der Waals surface area contributed by atoms with Crippen LogP contribution >= 0.6 is 0 Å². The molecule has 0 spiro atoms. The fraction of sp³-hybridized carbons (Fsp3) is 0.900. The quantitative estimate of drug-likeness (QED) is 0.0258. The first-order chi connectivity index (χ1) is 30.5. The van der Waals surface area contributed by atoms with E-state index in [9.17, 15) is 9.59 Å². The molecular weight excluding hydrogens is 1130 g/mol. The molecule has 70 heavy (non-hydrogen) atoms. The first kappa shape index (κ1) is 71.2. The summed E-state index contributed by atoms with van der Waals surface area (Å²) >= 11 is 0. The van der Waals surface area contributed by atoms with Gasteiger partial charge >= 0.3 is 47.6 Å². The smallest absolute Gasteiger partial charge is 0.463 e. The Morgan fingerprint density at radius 3 is 0.600 bits per heavy atom. The summed E-state index contributed by atoms with van der Waals surface area (Å²) in [6, 6.07) is 0.683. The molecule has 0 rings (SSSR count). The molecule has 0 aromatic carbocycles. The molecular formula is C40H104O16Si14. The highest BCUT2D eigenvalue weighted by molar-refractivity contribution is 6.95. The molecule has 0 saturated heterocycles. The van der Waals surface area contributed by atoms with Crippen LogP contribution in [0, 0.1) is 0 Å². The maximum absolute atomic E-state index is 13.1. The van der Waals surface area contributed by atoms with Gasteiger partial charge < -0.3 is 58.9 Å². The van der Waals surface area contributed by atoms with Crippen molar-refractivity contribution in [3.63, 3.8) is 0 Å². The average Bonchev–Trinajstić information content (AvgIpc) is 2.95. The van der Waals surface area contributed by atoms with Crippen LogP contribution in [0.25, 0.3) is 0 Å². The fourth-order valence-electron chi connectivity index (χ4n) is 6.33. The Morgan fingerprint density at radius 1 is 0.271 bits per heavy atom. The van der Waals surface area contributed by atoms with Crippen molar-refractivity contribution < 1.29 is 68.4 Å². The minimum atomic E-state index is -3.88. The Kier molecular flexibility index (Phi) is 26.7. The fourth-order valence-corrected chi connectivity index (χ4v) is 55.7. The summed E-state index contributed by atoms with van der Waals surface area (Å²) in [5.74, 6) is -1.37. The van der Waals surface area contributed by atoms with Gasteiger partial charge in [-0.15, -0.1) is 0 Å². The molecule has 0 saturated carbocycles. The van der Waals surface area contributed by atoms with Crippen LogP contribution in [0.1, 0.15) is 12.8 Å². The Hall–Kier alpha value is 1.24. The lowest BCUT2D eigenvalue weighted by Crippen LogP contribution is -2.70. The van der Waals surface area contributed by atoms with Gasteiger partial charge in [0.15, 0.2) is 83.2 Å². The lowest BCUT2D eigenvalue weighted by atomic mass is 10.4. The van der Waals surface area contributed by atoms with E-state index in [1.165, 1.54) is 0 Å². The molecule has 0 atom stereocenters. The van der Waals surface area contributed by atoms with E-state index < -0.39 is 131 Å². The summed E-state index contributed by atoms with van der Waals surface area (Å²) in [6.45, 7) is 63.2. The maximum Gasteiger partial charge on any atom is 0.640 e. The largest absolute Gasteiger partial charge is 0.640 e. The lowest BCUT2D eigenvalue weighted by Gasteiger charge is -2.47. The second-order valence-electron chi connectivity index (χ2n) is 27.6. The monoisotopic (exact) mass is 1230 g/mol. The van der Waals surface area contributed by atoms with Crippen molar-refractivity contribution in [1.29, 1.82) is 0 Å². The van der Waals surface area contributed by atoms with Crippen LogP contribution in [0.3, 0.4) is 0 Å². The van der Waals surface area contributed by atoms with Gasteiger partial charge in [0, 0.05) is 24.2 Å². The van der Waals surface area contributed by atoms with Crippen molar-refractivity contribution in [2.75, 3.05) is 13.2 Å². The third-order valence-corrected chi connectivity index (χ3v) is 49.0. The Morgan fingerprint density at radius 2 is 0.443 bits per heavy atom. The van der Waals surface area contributed by atoms with Crippen LogP contribution in [0.2, 0.25) is 208 Å². The van der Waals surface area contributed by atoms with Crippen LogP contribution < -0.4 is 0 Å². The van der Waals surface area contributed by atoms with E-state index in [2.05, 4.69) is 196 Å². The minimum Gasteiger partial charge on any atom is -0.463 e. The average molecular weight is 1230 g/mol. The highest BCUT2D eigenvalue weighted by Crippen LogP contribution is 2.37. The number of hydrogen-bond donors (Lipinski definition) is 0. The summed E-state index contributed by atoms with van der Waals surface area (Å²) in [4.78, 5) is 26.2. The number of hydrogen-bond acceptors (Lipinski definition) is 16. The summed E-state index contributed by atoms with van der Waals surface area (Å²) < 4.78 is 95.7. The first-order valence-electron chi connectivity index (χ1n) is 24.9. The van der Waals surface area contributed by atoms with Gasteiger partial charge in [0.05, 0.1) is 13.2 Å². The summed E-state index contributed by atoms with van der Waals surface area (Å²) in [5.41, 5.74) is 0. The van der Waals surface area contributed by atoms with Gasteiger partial charge in [-0.1, -0.05) is 0 Å². The Balaban J connectivity index is 6.59. The third-order valence-electron chi connectivity index (χ3n) is 7.09. The Bertz CT molecular complexity index is 1420. The van der Waals surface area contributed by atoms with Crippen molar-refractivity contribution in [3.05, 3.63) is 12.2 Å². The highest BCUT2D eigenvalue weighted by atomic mass is 28.6. The predicted molar refractivity (Wildman–Crippen MR) is 319 cm³/mol. The van der Waals surface area contributed by atoms with E-state index in [1.54, 1.807) is 0 Å². The molecule has 0 bridgehead atoms. The lowest BCUT2D eigenvalue weighted by molar-refractivity contribution is -0.140. The molecule has 0 fully saturated rings. The molecule has 30 heteroatoms. The molecule has 0 aromatic rings. The van der Waals surface area contributed by atoms with E-state index in [-0.39, 0.29) is 13.2 Å². The van der Waals surface area contributed by atoms with Crippen molar-refractivity contribution in [2.45, 2.75) is 221 Å². The van der Waals surface area contributed by atoms with Gasteiger partial charge in [0.25, 0.3) is 0 Å². The van der Waals surface area contributed by atoms with E-state index in [4.69, 9.17) is 58.9 Å². The molecule has 416 valence electrons. The van der Waals surface area contributed by atoms with Gasteiger partial charge in [-0.25, -0.2) is 9.59 Å². The summed E-state index contributed by atoms with van der Waals surface area (Å²) in [7, 11) is -38.3. The van der Waals surface area contributed by atoms with Gasteiger partial charge in [0.1, 0.15) is 0 Å². The topological polar surface area (TPSA) is 163 Å². The van der Waals surface area contributed by atoms with Crippen molar-refractivity contribution >= 4 is 131 Å². The van der Waals surface area contributed by atoms with Gasteiger partial charge in [-0.2, -0.15) is 0 Å². The van der Waals surface area contributed by atoms with E-state index in [0.29, 0.717) is 24.9 Å². The van der Waals surface area contributed by atoms with E-state index in [0.717, 1.165) is 12.2 Å². The number of carbonyl (C=O) groups is 2. The van der Waals surface area contributed by atoms with Crippen LogP contribution in [0.15, 0.2) is 12.2 Å². The molecule has 0 heterocycles. The third kappa shape index (κ3) is 36.3. The zero-order chi connectivity index (χ0) is 55.7. The van der Waals surface area contributed by atoms with Crippen LogP contribution in [0.4, 0.5) is 0 Å². The maximum atomic E-state index is 13.1. The first-order valence-corrected chi connectivity index (χ1v) is 66.1. The van der Waals surface area contributed by atoms with Crippen LogP contribution in [-0.2, 0) is 68.4 Å². The van der Waals surface area contributed by atoms with Crippen molar-refractivity contribution in [3.8, 4) is 0 Å². The summed E-state index contributed by atoms with van der Waals surface area (Å²) in [5, 5.41) is 0. The number of ether oxygens (including phenoxy) is 2. The zero-order valence-corrected chi connectivity index (χ0v) is 63.9. The predicted octanol–water partition coefficient (Wildman–Crippen LogP) is 12.7. The highest BCUT2D eigenvalue weighted by Gasteiger charge is 2.64. The van der Waals surface area contributed by atoms with E-state index >= 15 is 0 Å². The second-order valence-corrected chi connectivity index (χ2v) is 85.4. The van der Waals surface area contributed by atoms with Crippen LogP contribution in [0.5, 0.6) is 0 Å². The standard InChI is InChI=1S/C40H104O16Si14/c1-57(2,3)45-67(46-58(4,5)6,55-69(49-61(13,14)15,50-62(16,17)18)51-63(19,20)21)37-31-35-43-39(41)33-34-40(42)44-36-32-38-68(47-59(7,8)9,48-60(10,11)12)56-70(52-64(22,23)24,53-65(25,26)27)54-66(28,29)30/h33-34H,31-32,35-38H2,1-30H3. The molecule has 0 N–H and O–H groups in total. The normalized spacial score (nSPS) is 15.2. The molecule has 0 aliphatic heterocycles. The van der Waals surface area contributed by atoms with Gasteiger partial charge in [-0.05, 0) is 209 Å². The summed E-state index contributed by atoms with van der Waals surface area (Å²) in [6.07, 6.45) is 2.91. The molecule has 16 nitrogen and oxygen atoms in total. The molecule has 0 aliphatic rings. The molecule has 0 amide bonds. The second kappa shape index (κ2) is 26.3.